The summed E-state index contributed by atoms with van der Waals surface area (Å²) in [4.78, 5) is 15.7. The van der Waals surface area contributed by atoms with E-state index in [1.165, 1.54) is 6.07 Å². The number of benzene rings is 2. The zero-order valence-corrected chi connectivity index (χ0v) is 18.0. The van der Waals surface area contributed by atoms with Gasteiger partial charge >= 0.3 is 12.1 Å². The zero-order valence-electron chi connectivity index (χ0n) is 17.3. The van der Waals surface area contributed by atoms with Gasteiger partial charge in [0, 0.05) is 36.5 Å². The van der Waals surface area contributed by atoms with Gasteiger partial charge in [0.05, 0.1) is 16.5 Å². The summed E-state index contributed by atoms with van der Waals surface area (Å²) in [5.41, 5.74) is 2.86. The normalized spacial score (nSPS) is 23.7. The summed E-state index contributed by atoms with van der Waals surface area (Å²) in [6, 6.07) is 10.1. The van der Waals surface area contributed by atoms with E-state index in [4.69, 9.17) is 11.6 Å². The first-order chi connectivity index (χ1) is 14.6. The molecular weight excluding hydrogens is 429 g/mol. The number of piperazine rings is 1. The van der Waals surface area contributed by atoms with Gasteiger partial charge in [0.2, 0.25) is 0 Å². The van der Waals surface area contributed by atoms with Gasteiger partial charge < -0.3 is 14.9 Å². The van der Waals surface area contributed by atoms with Crippen molar-refractivity contribution < 1.29 is 23.1 Å². The molecule has 1 aliphatic heterocycles. The lowest BCUT2D eigenvalue weighted by Crippen LogP contribution is -2.57. The number of carbonyl (C=O) groups is 1. The fraction of sp³-hybridized carbons (Fsp3) is 0.435. The summed E-state index contributed by atoms with van der Waals surface area (Å²) in [5.74, 6) is -1.19. The van der Waals surface area contributed by atoms with Crippen molar-refractivity contribution in [2.45, 2.75) is 44.9 Å². The maximum absolute atomic E-state index is 13.3. The van der Waals surface area contributed by atoms with Crippen LogP contribution in [-0.2, 0) is 23.8 Å². The minimum Gasteiger partial charge on any atom is -0.481 e. The van der Waals surface area contributed by atoms with E-state index in [0.717, 1.165) is 22.9 Å². The minimum absolute atomic E-state index is 0.0316. The van der Waals surface area contributed by atoms with E-state index < -0.39 is 23.6 Å². The van der Waals surface area contributed by atoms with Crippen molar-refractivity contribution in [1.82, 2.24) is 0 Å². The van der Waals surface area contributed by atoms with Crippen molar-refractivity contribution in [2.75, 3.05) is 22.9 Å². The van der Waals surface area contributed by atoms with Crippen LogP contribution in [0, 0.1) is 5.92 Å². The van der Waals surface area contributed by atoms with Crippen LogP contribution >= 0.6 is 11.6 Å². The van der Waals surface area contributed by atoms with E-state index in [-0.39, 0.29) is 17.1 Å². The molecule has 0 aromatic heterocycles. The summed E-state index contributed by atoms with van der Waals surface area (Å²) in [6.45, 7) is 5.20. The predicted octanol–water partition coefficient (Wildman–Crippen LogP) is 5.26. The molecule has 8 heteroatoms. The van der Waals surface area contributed by atoms with Crippen LogP contribution < -0.4 is 9.80 Å². The van der Waals surface area contributed by atoms with Gasteiger partial charge in [-0.25, -0.2) is 0 Å². The second-order valence-electron chi connectivity index (χ2n) is 8.53. The summed E-state index contributed by atoms with van der Waals surface area (Å²) < 4.78 is 39.9. The van der Waals surface area contributed by atoms with Crippen LogP contribution in [0.3, 0.4) is 0 Å². The molecule has 1 saturated heterocycles. The molecular formula is C23H24ClF3N2O2. The molecule has 1 aliphatic carbocycles. The second-order valence-corrected chi connectivity index (χ2v) is 8.94. The molecule has 2 aliphatic rings. The number of carboxylic acids is 1. The molecule has 1 N–H and O–H groups in total. The Balaban J connectivity index is 1.60. The molecule has 0 spiro atoms. The van der Waals surface area contributed by atoms with E-state index in [2.05, 4.69) is 4.90 Å². The number of nitrogens with zero attached hydrogens (tertiary/aromatic N) is 2. The number of aliphatic carboxylic acids is 1. The van der Waals surface area contributed by atoms with Gasteiger partial charge in [0.25, 0.3) is 0 Å². The van der Waals surface area contributed by atoms with Gasteiger partial charge in [-0.2, -0.15) is 13.2 Å². The predicted molar refractivity (Wildman–Crippen MR) is 115 cm³/mol. The second kappa shape index (κ2) is 7.93. The highest BCUT2D eigenvalue weighted by molar-refractivity contribution is 6.31. The third-order valence-corrected chi connectivity index (χ3v) is 6.66. The van der Waals surface area contributed by atoms with Crippen LogP contribution in [0.1, 0.15) is 30.5 Å². The molecule has 1 unspecified atom stereocenters. The van der Waals surface area contributed by atoms with Crippen LogP contribution in [0.15, 0.2) is 36.4 Å². The van der Waals surface area contributed by atoms with Crippen LogP contribution in [0.25, 0.3) is 0 Å². The Bertz CT molecular complexity index is 999. The van der Waals surface area contributed by atoms with Crippen LogP contribution in [0.4, 0.5) is 24.5 Å². The number of hydrogen-bond acceptors (Lipinski definition) is 3. The van der Waals surface area contributed by atoms with Gasteiger partial charge in [-0.3, -0.25) is 4.79 Å². The molecule has 2 aromatic carbocycles. The van der Waals surface area contributed by atoms with Crippen molar-refractivity contribution in [3.8, 4) is 0 Å². The highest BCUT2D eigenvalue weighted by Crippen LogP contribution is 2.40. The SMILES string of the molecule is C[C@@H]1CN(c2ccc(Cl)c(C(F)(F)F)c2)C[C@H](C)N1c1cccc2c1CC(C(=O)O)C2. The maximum Gasteiger partial charge on any atom is 0.417 e. The third kappa shape index (κ3) is 4.07. The van der Waals surface area contributed by atoms with E-state index >= 15 is 0 Å². The van der Waals surface area contributed by atoms with Gasteiger partial charge in [-0.05, 0) is 62.1 Å². The van der Waals surface area contributed by atoms with Crippen molar-refractivity contribution in [3.05, 3.63) is 58.1 Å². The van der Waals surface area contributed by atoms with E-state index in [0.29, 0.717) is 31.6 Å². The van der Waals surface area contributed by atoms with E-state index in [1.54, 1.807) is 6.07 Å². The molecule has 2 aromatic rings. The van der Waals surface area contributed by atoms with Gasteiger partial charge in [0.15, 0.2) is 0 Å². The van der Waals surface area contributed by atoms with Crippen molar-refractivity contribution >= 4 is 28.9 Å². The number of halogens is 4. The quantitative estimate of drug-likeness (QED) is 0.689. The highest BCUT2D eigenvalue weighted by Gasteiger charge is 2.37. The van der Waals surface area contributed by atoms with Crippen LogP contribution in [0.5, 0.6) is 0 Å². The molecule has 0 saturated carbocycles. The topological polar surface area (TPSA) is 43.8 Å². The minimum atomic E-state index is -4.50. The fourth-order valence-corrected chi connectivity index (χ4v) is 5.21. The summed E-state index contributed by atoms with van der Waals surface area (Å²) >= 11 is 5.78. The molecule has 0 radical (unpaired) electrons. The van der Waals surface area contributed by atoms with Gasteiger partial charge in [0.1, 0.15) is 0 Å². The Kier molecular flexibility index (Phi) is 5.58. The first kappa shape index (κ1) is 21.8. The first-order valence-electron chi connectivity index (χ1n) is 10.3. The Morgan fingerprint density at radius 1 is 1.10 bits per heavy atom. The fourth-order valence-electron chi connectivity index (χ4n) is 4.98. The Morgan fingerprint density at radius 3 is 2.39 bits per heavy atom. The molecule has 4 rings (SSSR count). The largest absolute Gasteiger partial charge is 0.481 e. The maximum atomic E-state index is 13.3. The monoisotopic (exact) mass is 452 g/mol. The third-order valence-electron chi connectivity index (χ3n) is 6.33. The molecule has 3 atom stereocenters. The summed E-state index contributed by atoms with van der Waals surface area (Å²) in [6.07, 6.45) is -3.46. The Hall–Kier alpha value is -2.41. The Labute approximate surface area is 184 Å². The number of rotatable bonds is 3. The summed E-state index contributed by atoms with van der Waals surface area (Å²) in [5, 5.41) is 9.14. The molecule has 31 heavy (non-hydrogen) atoms. The van der Waals surface area contributed by atoms with E-state index in [9.17, 15) is 23.1 Å². The standard InChI is InChI=1S/C23H24ClF3N2O2/c1-13-11-28(17-6-7-20(24)19(10-17)23(25,26)27)12-14(2)29(13)21-5-3-4-15-8-16(22(30)31)9-18(15)21/h3-7,10,13-14,16H,8-9,11-12H2,1-2H3,(H,30,31)/t13-,14+,16?. The van der Waals surface area contributed by atoms with Crippen molar-refractivity contribution in [1.29, 1.82) is 0 Å². The molecule has 0 amide bonds. The molecule has 0 bridgehead atoms. The van der Waals surface area contributed by atoms with Gasteiger partial charge in [-0.1, -0.05) is 23.7 Å². The van der Waals surface area contributed by atoms with Crippen LogP contribution in [-0.4, -0.2) is 36.2 Å². The average molecular weight is 453 g/mol. The Morgan fingerprint density at radius 2 is 1.77 bits per heavy atom. The molecule has 1 heterocycles. The highest BCUT2D eigenvalue weighted by atomic mass is 35.5. The number of fused-ring (bicyclic) bond motifs is 1. The van der Waals surface area contributed by atoms with Crippen molar-refractivity contribution in [2.24, 2.45) is 5.92 Å². The molecule has 166 valence electrons. The lowest BCUT2D eigenvalue weighted by molar-refractivity contribution is -0.141. The number of hydrogen-bond donors (Lipinski definition) is 1. The smallest absolute Gasteiger partial charge is 0.417 e. The zero-order chi connectivity index (χ0) is 22.5. The van der Waals surface area contributed by atoms with Gasteiger partial charge in [-0.15, -0.1) is 0 Å². The van der Waals surface area contributed by atoms with E-state index in [1.807, 2.05) is 36.9 Å². The van der Waals surface area contributed by atoms with Crippen molar-refractivity contribution in [3.63, 3.8) is 0 Å². The molecule has 1 fully saturated rings. The number of alkyl halides is 3. The lowest BCUT2D eigenvalue weighted by Gasteiger charge is -2.47. The number of carboxylic acid groups (broad SMARTS) is 1. The lowest BCUT2D eigenvalue weighted by atomic mass is 10.0. The average Bonchev–Trinajstić information content (AvgIpc) is 3.12. The first-order valence-corrected chi connectivity index (χ1v) is 10.7. The van der Waals surface area contributed by atoms with Crippen LogP contribution in [0.2, 0.25) is 5.02 Å². The summed E-state index contributed by atoms with van der Waals surface area (Å²) in [7, 11) is 0. The molecule has 4 nitrogen and oxygen atoms in total. The number of anilines is 2.